The van der Waals surface area contributed by atoms with Crippen molar-refractivity contribution in [2.45, 2.75) is 112 Å². The number of phosphoric ester groups is 1. The number of nitrogens with one attached hydrogen (secondary N) is 1. The summed E-state index contributed by atoms with van der Waals surface area (Å²) in [6.45, 7) is -1.16. The summed E-state index contributed by atoms with van der Waals surface area (Å²) in [5.74, 6) is -0.753. The molecule has 3 fully saturated rings. The highest BCUT2D eigenvalue weighted by atomic mass is 31.2. The van der Waals surface area contributed by atoms with Crippen LogP contribution in [0.4, 0.5) is 0 Å². The molecular formula is C25H47N2O20P. The van der Waals surface area contributed by atoms with E-state index in [-0.39, 0.29) is 6.54 Å². The second kappa shape index (κ2) is 18.4. The molecule has 0 aromatic rings. The topological polar surface area (TPSA) is 348 Å². The van der Waals surface area contributed by atoms with Gasteiger partial charge in [0.15, 0.2) is 18.9 Å². The van der Waals surface area contributed by atoms with E-state index in [2.05, 4.69) is 5.32 Å². The van der Waals surface area contributed by atoms with Crippen molar-refractivity contribution in [3.8, 4) is 0 Å². The van der Waals surface area contributed by atoms with Gasteiger partial charge in [-0.1, -0.05) is 0 Å². The lowest BCUT2D eigenvalue weighted by molar-refractivity contribution is -0.364. The number of carbonyl (C=O) groups is 1. The maximum absolute atomic E-state index is 12.6. The summed E-state index contributed by atoms with van der Waals surface area (Å²) < 4.78 is 56.1. The standard InChI is InChI=1S/C25H47N2O20P/c1-9-15(33)18(36)22(47-48(38,39)41-4-3-26)25(42-9)45-20-14(27-10(2)31)23(43-12(6-29)16(20)34)46-21-17(35)13(7-30)44-24(19(21)37)40-8-11(32)5-28/h9,11-25,28-30,32-37H,3-8,26H2,1-2H3,(H,27,31)(H,38,39)/t9-,11?,12+,13+,14+,15-,16-,17-,18+,19+,20+,21-,22+,23-,24-,25?/m0/s1. The first kappa shape index (κ1) is 41.4. The third-order valence-corrected chi connectivity index (χ3v) is 8.72. The van der Waals surface area contributed by atoms with Crippen LogP contribution >= 0.6 is 7.82 Å². The predicted octanol–water partition coefficient (Wildman–Crippen LogP) is -6.92. The van der Waals surface area contributed by atoms with Crippen LogP contribution in [0, 0.1) is 0 Å². The largest absolute Gasteiger partial charge is 0.472 e. The predicted molar refractivity (Wildman–Crippen MR) is 152 cm³/mol. The Labute approximate surface area is 274 Å². The molecule has 282 valence electrons. The molecule has 17 atom stereocenters. The van der Waals surface area contributed by atoms with Crippen molar-refractivity contribution >= 4 is 13.7 Å². The molecule has 3 unspecified atom stereocenters. The maximum Gasteiger partial charge on any atom is 0.472 e. The van der Waals surface area contributed by atoms with E-state index < -0.39 is 145 Å². The van der Waals surface area contributed by atoms with E-state index in [1.807, 2.05) is 0 Å². The lowest BCUT2D eigenvalue weighted by atomic mass is 9.94. The van der Waals surface area contributed by atoms with E-state index in [1.54, 1.807) is 0 Å². The van der Waals surface area contributed by atoms with Gasteiger partial charge in [-0.25, -0.2) is 4.57 Å². The quantitative estimate of drug-likeness (QED) is 0.0657. The highest BCUT2D eigenvalue weighted by Gasteiger charge is 2.55. The van der Waals surface area contributed by atoms with Gasteiger partial charge in [0.25, 0.3) is 0 Å². The Morgan fingerprint density at radius 3 is 2.00 bits per heavy atom. The molecule has 3 heterocycles. The fourth-order valence-electron chi connectivity index (χ4n) is 5.23. The van der Waals surface area contributed by atoms with Gasteiger partial charge in [0.1, 0.15) is 73.2 Å². The zero-order valence-electron chi connectivity index (χ0n) is 26.1. The van der Waals surface area contributed by atoms with Crippen LogP contribution in [-0.4, -0.2) is 194 Å². The van der Waals surface area contributed by atoms with Gasteiger partial charge in [-0.15, -0.1) is 0 Å². The molecule has 3 aliphatic rings. The SMILES string of the molecule is CC(=O)N[C@H]1[C@H](O[C@H]2[C@@H](O)[C@@H](CO)O[C@H](OCC(O)CO)[C@@H]2O)O[C@H](CO)[C@H](O)[C@@H]1OC1O[C@@H](C)[C@H](O)[C@@H](O)[C@H]1OP(=O)(O)OCCN. The molecule has 3 saturated heterocycles. The molecule has 0 bridgehead atoms. The molecule has 3 aliphatic heterocycles. The molecule has 22 nitrogen and oxygen atoms in total. The number of amides is 1. The van der Waals surface area contributed by atoms with Gasteiger partial charge in [-0.05, 0) is 6.92 Å². The molecule has 0 spiro atoms. The van der Waals surface area contributed by atoms with Gasteiger partial charge in [0, 0.05) is 13.5 Å². The second-order valence-corrected chi connectivity index (χ2v) is 12.8. The minimum atomic E-state index is -4.96. The van der Waals surface area contributed by atoms with Crippen molar-refractivity contribution in [1.82, 2.24) is 5.32 Å². The molecule has 1 amide bonds. The van der Waals surface area contributed by atoms with E-state index >= 15 is 0 Å². The lowest BCUT2D eigenvalue weighted by Gasteiger charge is -2.49. The number of hydrogen-bond donors (Lipinski definition) is 12. The molecule has 3 rings (SSSR count). The smallest absolute Gasteiger partial charge is 0.394 e. The Morgan fingerprint density at radius 2 is 1.44 bits per heavy atom. The molecule has 13 N–H and O–H groups in total. The van der Waals surface area contributed by atoms with Crippen LogP contribution in [0.3, 0.4) is 0 Å². The number of nitrogens with two attached hydrogens (primary N) is 1. The van der Waals surface area contributed by atoms with Gasteiger partial charge < -0.3 is 90.3 Å². The number of carbonyl (C=O) groups excluding carboxylic acids is 1. The van der Waals surface area contributed by atoms with Crippen LogP contribution in [0.15, 0.2) is 0 Å². The average molecular weight is 727 g/mol. The fraction of sp³-hybridized carbons (Fsp3) is 0.960. The number of rotatable bonds is 16. The first-order valence-electron chi connectivity index (χ1n) is 15.0. The first-order chi connectivity index (χ1) is 22.6. The third-order valence-electron chi connectivity index (χ3n) is 7.70. The Hall–Kier alpha value is -1.06. The third kappa shape index (κ3) is 10.3. The minimum Gasteiger partial charge on any atom is -0.394 e. The van der Waals surface area contributed by atoms with Crippen LogP contribution in [-0.2, 0) is 46.8 Å². The minimum absolute atomic E-state index is 0.180. The monoisotopic (exact) mass is 726 g/mol. The number of aliphatic hydroxyl groups excluding tert-OH is 9. The molecular weight excluding hydrogens is 679 g/mol. The summed E-state index contributed by atoms with van der Waals surface area (Å²) >= 11 is 0. The number of phosphoric acid groups is 1. The molecule has 0 aromatic carbocycles. The molecule has 0 aromatic heterocycles. The van der Waals surface area contributed by atoms with E-state index in [1.165, 1.54) is 6.92 Å². The average Bonchev–Trinajstić information content (AvgIpc) is 3.04. The van der Waals surface area contributed by atoms with Gasteiger partial charge >= 0.3 is 7.82 Å². The lowest BCUT2D eigenvalue weighted by Crippen LogP contribution is -2.69. The van der Waals surface area contributed by atoms with Gasteiger partial charge in [-0.2, -0.15) is 0 Å². The Morgan fingerprint density at radius 1 is 0.854 bits per heavy atom. The van der Waals surface area contributed by atoms with Crippen LogP contribution in [0.1, 0.15) is 13.8 Å². The summed E-state index contributed by atoms with van der Waals surface area (Å²) in [6.07, 6.45) is -25.3. The highest BCUT2D eigenvalue weighted by molar-refractivity contribution is 7.47. The zero-order valence-corrected chi connectivity index (χ0v) is 27.0. The van der Waals surface area contributed by atoms with Crippen molar-refractivity contribution in [1.29, 1.82) is 0 Å². The summed E-state index contributed by atoms with van der Waals surface area (Å²) in [5.41, 5.74) is 5.30. The maximum atomic E-state index is 12.6. The number of aliphatic hydroxyl groups is 9. The van der Waals surface area contributed by atoms with Crippen molar-refractivity contribution in [2.24, 2.45) is 5.73 Å². The normalized spacial score (nSPS) is 42.6. The summed E-state index contributed by atoms with van der Waals surface area (Å²) in [6, 6.07) is -1.59. The van der Waals surface area contributed by atoms with Crippen molar-refractivity contribution < 1.29 is 97.7 Å². The Kier molecular flexibility index (Phi) is 15.9. The number of hydrogen-bond acceptors (Lipinski definition) is 20. The van der Waals surface area contributed by atoms with Gasteiger partial charge in [0.05, 0.1) is 39.1 Å². The molecule has 0 aliphatic carbocycles. The van der Waals surface area contributed by atoms with Crippen molar-refractivity contribution in [2.75, 3.05) is 39.6 Å². The zero-order chi connectivity index (χ0) is 35.9. The van der Waals surface area contributed by atoms with E-state index in [0.717, 1.165) is 6.92 Å². The second-order valence-electron chi connectivity index (χ2n) is 11.4. The summed E-state index contributed by atoms with van der Waals surface area (Å²) in [7, 11) is -4.96. The van der Waals surface area contributed by atoms with E-state index in [9.17, 15) is 55.1 Å². The van der Waals surface area contributed by atoms with Crippen LogP contribution in [0.2, 0.25) is 0 Å². The van der Waals surface area contributed by atoms with Gasteiger partial charge in [0.2, 0.25) is 5.91 Å². The van der Waals surface area contributed by atoms with Crippen molar-refractivity contribution in [3.05, 3.63) is 0 Å². The van der Waals surface area contributed by atoms with Crippen LogP contribution < -0.4 is 11.1 Å². The molecule has 0 radical (unpaired) electrons. The molecule has 0 saturated carbocycles. The van der Waals surface area contributed by atoms with Crippen LogP contribution in [0.5, 0.6) is 0 Å². The van der Waals surface area contributed by atoms with Gasteiger partial charge in [-0.3, -0.25) is 13.8 Å². The van der Waals surface area contributed by atoms with E-state index in [0.29, 0.717) is 0 Å². The fourth-order valence-corrected chi connectivity index (χ4v) is 6.16. The molecule has 48 heavy (non-hydrogen) atoms. The Balaban J connectivity index is 1.95. The summed E-state index contributed by atoms with van der Waals surface area (Å²) in [5, 5.41) is 95.2. The highest BCUT2D eigenvalue weighted by Crippen LogP contribution is 2.47. The van der Waals surface area contributed by atoms with Crippen molar-refractivity contribution in [3.63, 3.8) is 0 Å². The Bertz CT molecular complexity index is 1050. The van der Waals surface area contributed by atoms with Crippen LogP contribution in [0.25, 0.3) is 0 Å². The number of ether oxygens (including phenoxy) is 6. The summed E-state index contributed by atoms with van der Waals surface area (Å²) in [4.78, 5) is 22.5. The molecule has 23 heteroatoms. The first-order valence-corrected chi connectivity index (χ1v) is 16.5. The van der Waals surface area contributed by atoms with E-state index in [4.69, 9.17) is 48.3 Å².